The number of fused-ring (bicyclic) bond motifs is 1. The van der Waals surface area contributed by atoms with Crippen molar-refractivity contribution in [1.29, 1.82) is 0 Å². The molecule has 0 bridgehead atoms. The average molecular weight is 666 g/mol. The van der Waals surface area contributed by atoms with Crippen LogP contribution in [0, 0.1) is 6.92 Å². The molecule has 0 unspecified atom stereocenters. The van der Waals surface area contributed by atoms with Crippen LogP contribution in [-0.2, 0) is 22.4 Å². The van der Waals surface area contributed by atoms with Gasteiger partial charge in [-0.3, -0.25) is 9.69 Å². The lowest BCUT2D eigenvalue weighted by Crippen LogP contribution is -2.56. The highest BCUT2D eigenvalue weighted by molar-refractivity contribution is 6.33. The molecule has 12 heteroatoms. The Labute approximate surface area is 282 Å². The number of urea groups is 1. The molecule has 0 aromatic heterocycles. The molecule has 1 atom stereocenters. The van der Waals surface area contributed by atoms with Crippen molar-refractivity contribution in [3.63, 3.8) is 0 Å². The summed E-state index contributed by atoms with van der Waals surface area (Å²) in [6.07, 6.45) is 3.09. The number of benzene rings is 2. The molecule has 2 aromatic carbocycles. The summed E-state index contributed by atoms with van der Waals surface area (Å²) in [5.41, 5.74) is 10.2. The molecule has 47 heavy (non-hydrogen) atoms. The lowest BCUT2D eigenvalue weighted by atomic mass is 10.0. The number of hydrogen-bond donors (Lipinski definition) is 2. The number of para-hydroxylation sites is 1. The standard InChI is InChI=1S/C35H48ClN7O4/c1-24-21-25(22-29(36)32(24)37)23-31(33(44)41-19-17-40(18-20-41)27-8-12-39(2)13-9-27)47-35(46)42-14-10-28(11-15-42)43-16-7-26-5-3-4-6-30(26)38-34(43)45/h3-6,21-22,27-28,31H,7-20,23,37H2,1-2H3,(H,38,45)/t31-/m1/s1. The van der Waals surface area contributed by atoms with Crippen molar-refractivity contribution in [2.75, 3.05) is 77.0 Å². The third kappa shape index (κ3) is 7.79. The van der Waals surface area contributed by atoms with Gasteiger partial charge in [0.05, 0.1) is 10.7 Å². The summed E-state index contributed by atoms with van der Waals surface area (Å²) in [6, 6.07) is 12.0. The zero-order chi connectivity index (χ0) is 33.1. The van der Waals surface area contributed by atoms with Crippen LogP contribution in [0.4, 0.5) is 21.0 Å². The smallest absolute Gasteiger partial charge is 0.410 e. The highest BCUT2D eigenvalue weighted by Crippen LogP contribution is 2.28. The van der Waals surface area contributed by atoms with Gasteiger partial charge in [0.25, 0.3) is 5.91 Å². The van der Waals surface area contributed by atoms with Crippen LogP contribution in [-0.4, -0.2) is 127 Å². The van der Waals surface area contributed by atoms with Gasteiger partial charge in [-0.25, -0.2) is 9.59 Å². The van der Waals surface area contributed by atoms with Gasteiger partial charge in [0, 0.05) is 70.0 Å². The Hall–Kier alpha value is -3.54. The second-order valence-electron chi connectivity index (χ2n) is 13.5. The van der Waals surface area contributed by atoms with E-state index in [-0.39, 0.29) is 24.4 Å². The number of rotatable bonds is 6. The fourth-order valence-electron chi connectivity index (χ4n) is 7.50. The van der Waals surface area contributed by atoms with E-state index in [2.05, 4.69) is 22.2 Å². The van der Waals surface area contributed by atoms with E-state index in [0.29, 0.717) is 62.3 Å². The minimum atomic E-state index is -0.982. The molecule has 4 aliphatic heterocycles. The summed E-state index contributed by atoms with van der Waals surface area (Å²) in [5, 5.41) is 3.47. The SMILES string of the molecule is Cc1cc(C[C@@H](OC(=O)N2CCC(N3CCc4ccccc4NC3=O)CC2)C(=O)N2CCN(C3CCN(C)CC3)CC2)cc(Cl)c1N. The number of nitrogens with two attached hydrogens (primary N) is 1. The first-order chi connectivity index (χ1) is 22.7. The molecule has 0 spiro atoms. The minimum Gasteiger partial charge on any atom is -0.436 e. The van der Waals surface area contributed by atoms with Gasteiger partial charge in [-0.15, -0.1) is 0 Å². The maximum absolute atomic E-state index is 14.0. The van der Waals surface area contributed by atoms with Crippen LogP contribution in [0.15, 0.2) is 36.4 Å². The zero-order valence-electron chi connectivity index (χ0n) is 27.6. The first-order valence-corrected chi connectivity index (χ1v) is 17.4. The first kappa shape index (κ1) is 33.4. The number of nitrogens with zero attached hydrogens (tertiary/aromatic N) is 5. The highest BCUT2D eigenvalue weighted by atomic mass is 35.5. The van der Waals surface area contributed by atoms with Crippen LogP contribution in [0.1, 0.15) is 42.4 Å². The predicted molar refractivity (Wildman–Crippen MR) is 184 cm³/mol. The number of hydrogen-bond acceptors (Lipinski definition) is 7. The number of likely N-dealkylation sites (tertiary alicyclic amines) is 2. The number of carbonyl (C=O) groups excluding carboxylic acids is 3. The van der Waals surface area contributed by atoms with Crippen LogP contribution in [0.25, 0.3) is 0 Å². The Morgan fingerprint density at radius 2 is 1.62 bits per heavy atom. The third-order valence-corrected chi connectivity index (χ3v) is 10.8. The summed E-state index contributed by atoms with van der Waals surface area (Å²) in [4.78, 5) is 51.0. The van der Waals surface area contributed by atoms with Crippen LogP contribution < -0.4 is 11.1 Å². The quantitative estimate of drug-likeness (QED) is 0.447. The summed E-state index contributed by atoms with van der Waals surface area (Å²) in [5.74, 6) is -0.178. The number of carbonyl (C=O) groups is 3. The molecule has 2 aromatic rings. The van der Waals surface area contributed by atoms with E-state index in [1.54, 1.807) is 11.0 Å². The molecule has 3 saturated heterocycles. The van der Waals surface area contributed by atoms with Crippen molar-refractivity contribution in [2.45, 2.75) is 63.6 Å². The van der Waals surface area contributed by atoms with Gasteiger partial charge in [0.2, 0.25) is 0 Å². The summed E-state index contributed by atoms with van der Waals surface area (Å²) >= 11 is 6.40. The molecule has 0 saturated carbocycles. The van der Waals surface area contributed by atoms with Crippen LogP contribution in [0.2, 0.25) is 5.02 Å². The number of piperidine rings is 2. The molecule has 254 valence electrons. The molecule has 6 rings (SSSR count). The molecule has 4 amide bonds. The van der Waals surface area contributed by atoms with Gasteiger partial charge in [-0.1, -0.05) is 35.9 Å². The van der Waals surface area contributed by atoms with Gasteiger partial charge in [0.1, 0.15) is 0 Å². The summed E-state index contributed by atoms with van der Waals surface area (Å²) in [7, 11) is 2.17. The summed E-state index contributed by atoms with van der Waals surface area (Å²) < 4.78 is 6.05. The molecular formula is C35H48ClN7O4. The number of aryl methyl sites for hydroxylation is 1. The molecule has 3 fully saturated rings. The van der Waals surface area contributed by atoms with Crippen molar-refractivity contribution < 1.29 is 19.1 Å². The lowest BCUT2D eigenvalue weighted by molar-refractivity contribution is -0.143. The molecule has 4 heterocycles. The maximum Gasteiger partial charge on any atom is 0.410 e. The maximum atomic E-state index is 14.0. The Morgan fingerprint density at radius 3 is 2.32 bits per heavy atom. The third-order valence-electron chi connectivity index (χ3n) is 10.5. The fourth-order valence-corrected chi connectivity index (χ4v) is 7.79. The number of nitrogens with one attached hydrogen (secondary N) is 1. The van der Waals surface area contributed by atoms with E-state index in [1.807, 2.05) is 47.1 Å². The van der Waals surface area contributed by atoms with E-state index >= 15 is 0 Å². The summed E-state index contributed by atoms with van der Waals surface area (Å²) in [6.45, 7) is 8.44. The van der Waals surface area contributed by atoms with E-state index in [4.69, 9.17) is 22.1 Å². The van der Waals surface area contributed by atoms with Crippen molar-refractivity contribution >= 4 is 41.0 Å². The van der Waals surface area contributed by atoms with E-state index < -0.39 is 12.2 Å². The number of ether oxygens (including phenoxy) is 1. The topological polar surface area (TPSA) is 115 Å². The van der Waals surface area contributed by atoms with Crippen molar-refractivity contribution in [3.05, 3.63) is 58.1 Å². The van der Waals surface area contributed by atoms with E-state index in [0.717, 1.165) is 67.8 Å². The largest absolute Gasteiger partial charge is 0.436 e. The number of piperazine rings is 1. The Kier molecular flexibility index (Phi) is 10.4. The second kappa shape index (κ2) is 14.7. The van der Waals surface area contributed by atoms with E-state index in [1.165, 1.54) is 0 Å². The first-order valence-electron chi connectivity index (χ1n) is 17.0. The van der Waals surface area contributed by atoms with Gasteiger partial charge < -0.3 is 35.4 Å². The van der Waals surface area contributed by atoms with Gasteiger partial charge in [0.15, 0.2) is 6.10 Å². The number of amides is 4. The van der Waals surface area contributed by atoms with Crippen molar-refractivity contribution in [1.82, 2.24) is 24.5 Å². The second-order valence-corrected chi connectivity index (χ2v) is 13.9. The zero-order valence-corrected chi connectivity index (χ0v) is 28.4. The van der Waals surface area contributed by atoms with Crippen molar-refractivity contribution in [3.8, 4) is 0 Å². The number of nitrogen functional groups attached to an aromatic ring is 1. The minimum absolute atomic E-state index is 0.0199. The monoisotopic (exact) mass is 665 g/mol. The Morgan fingerprint density at radius 1 is 0.936 bits per heavy atom. The molecule has 0 radical (unpaired) electrons. The fraction of sp³-hybridized carbons (Fsp3) is 0.571. The Balaban J connectivity index is 1.08. The average Bonchev–Trinajstić information content (AvgIpc) is 3.25. The van der Waals surface area contributed by atoms with Crippen molar-refractivity contribution in [2.24, 2.45) is 0 Å². The van der Waals surface area contributed by atoms with Crippen LogP contribution in [0.3, 0.4) is 0 Å². The molecule has 3 N–H and O–H groups in total. The molecule has 4 aliphatic rings. The lowest BCUT2D eigenvalue weighted by Gasteiger charge is -2.42. The normalized spacial score (nSPS) is 21.2. The van der Waals surface area contributed by atoms with Crippen LogP contribution in [0.5, 0.6) is 0 Å². The molecular weight excluding hydrogens is 618 g/mol. The number of anilines is 2. The van der Waals surface area contributed by atoms with Gasteiger partial charge >= 0.3 is 12.1 Å². The van der Waals surface area contributed by atoms with Crippen LogP contribution >= 0.6 is 11.6 Å². The molecule has 0 aliphatic carbocycles. The van der Waals surface area contributed by atoms with Gasteiger partial charge in [-0.2, -0.15) is 0 Å². The van der Waals surface area contributed by atoms with Gasteiger partial charge in [-0.05, 0) is 88.0 Å². The predicted octanol–water partition coefficient (Wildman–Crippen LogP) is 4.07. The van der Waals surface area contributed by atoms with E-state index in [9.17, 15) is 14.4 Å². The Bertz CT molecular complexity index is 1430. The molecule has 11 nitrogen and oxygen atoms in total. The number of halogens is 1. The highest BCUT2D eigenvalue weighted by Gasteiger charge is 2.36.